The maximum absolute atomic E-state index is 8.92. The molecule has 0 aliphatic rings. The summed E-state index contributed by atoms with van der Waals surface area (Å²) in [5, 5.41) is 8.92. The van der Waals surface area contributed by atoms with Crippen LogP contribution in [-0.4, -0.2) is 11.7 Å². The molecule has 0 heterocycles. The van der Waals surface area contributed by atoms with E-state index in [9.17, 15) is 0 Å². The molecule has 0 unspecified atom stereocenters. The Balaban J connectivity index is 2.23. The number of allylic oxidation sites excluding steroid dienone is 1. The van der Waals surface area contributed by atoms with E-state index in [1.807, 2.05) is 13.0 Å². The van der Waals surface area contributed by atoms with Gasteiger partial charge in [0, 0.05) is 0 Å². The Morgan fingerprint density at radius 1 is 0.950 bits per heavy atom. The van der Waals surface area contributed by atoms with Gasteiger partial charge in [0.25, 0.3) is 0 Å². The van der Waals surface area contributed by atoms with Gasteiger partial charge in [0.2, 0.25) is 0 Å². The predicted molar refractivity (Wildman–Crippen MR) is 86.7 cm³/mol. The number of aliphatic hydroxyl groups is 1. The van der Waals surface area contributed by atoms with Crippen LogP contribution in [0.1, 0.15) is 37.8 Å². The van der Waals surface area contributed by atoms with E-state index in [2.05, 4.69) is 62.4 Å². The zero-order valence-electron chi connectivity index (χ0n) is 12.4. The molecule has 2 aromatic carbocycles. The summed E-state index contributed by atoms with van der Waals surface area (Å²) in [5.74, 6) is 0.567. The third-order valence-corrected chi connectivity index (χ3v) is 3.65. The summed E-state index contributed by atoms with van der Waals surface area (Å²) in [6.45, 7) is 6.52. The molecule has 0 aliphatic carbocycles. The molecule has 0 spiro atoms. The van der Waals surface area contributed by atoms with E-state index >= 15 is 0 Å². The van der Waals surface area contributed by atoms with E-state index in [1.54, 1.807) is 0 Å². The maximum atomic E-state index is 8.92. The van der Waals surface area contributed by atoms with Crippen LogP contribution in [0.3, 0.4) is 0 Å². The quantitative estimate of drug-likeness (QED) is 0.836. The van der Waals surface area contributed by atoms with Gasteiger partial charge in [0.1, 0.15) is 0 Å². The van der Waals surface area contributed by atoms with E-state index in [4.69, 9.17) is 5.11 Å². The van der Waals surface area contributed by atoms with Crippen LogP contribution in [-0.2, 0) is 0 Å². The van der Waals surface area contributed by atoms with Crippen molar-refractivity contribution in [1.82, 2.24) is 0 Å². The van der Waals surface area contributed by atoms with Crippen LogP contribution in [0.5, 0.6) is 0 Å². The summed E-state index contributed by atoms with van der Waals surface area (Å²) in [6.07, 6.45) is 1.83. The molecule has 0 aliphatic heterocycles. The molecule has 2 rings (SSSR count). The first kappa shape index (κ1) is 14.5. The minimum atomic E-state index is 0.0875. The van der Waals surface area contributed by atoms with Gasteiger partial charge in [0.15, 0.2) is 0 Å². The second-order valence-corrected chi connectivity index (χ2v) is 5.42. The van der Waals surface area contributed by atoms with Crippen LogP contribution in [0.25, 0.3) is 16.7 Å². The van der Waals surface area contributed by atoms with Crippen LogP contribution in [0.15, 0.2) is 54.6 Å². The molecule has 0 bridgehead atoms. The minimum Gasteiger partial charge on any atom is -0.392 e. The molecule has 1 N–H and O–H groups in total. The molecule has 1 nitrogen and oxygen atoms in total. The first-order chi connectivity index (χ1) is 9.61. The maximum Gasteiger partial charge on any atom is 0.0618 e. The Bertz CT molecular complexity index is 574. The van der Waals surface area contributed by atoms with Gasteiger partial charge in [-0.1, -0.05) is 68.5 Å². The molecule has 1 heteroatoms. The first-order valence-corrected chi connectivity index (χ1v) is 7.10. The van der Waals surface area contributed by atoms with E-state index in [0.29, 0.717) is 5.92 Å². The summed E-state index contributed by atoms with van der Waals surface area (Å²) < 4.78 is 0. The fourth-order valence-corrected chi connectivity index (χ4v) is 2.24. The highest BCUT2D eigenvalue weighted by molar-refractivity contribution is 5.69. The molecule has 20 heavy (non-hydrogen) atoms. The fraction of sp³-hybridized carbons (Fsp3) is 0.263. The van der Waals surface area contributed by atoms with Crippen molar-refractivity contribution in [2.75, 3.05) is 6.61 Å². The summed E-state index contributed by atoms with van der Waals surface area (Å²) >= 11 is 0. The van der Waals surface area contributed by atoms with Crippen molar-refractivity contribution < 1.29 is 5.11 Å². The normalized spacial score (nSPS) is 11.9. The van der Waals surface area contributed by atoms with Gasteiger partial charge < -0.3 is 5.11 Å². The van der Waals surface area contributed by atoms with Crippen LogP contribution in [0, 0.1) is 0 Å². The number of hydrogen-bond donors (Lipinski definition) is 1. The van der Waals surface area contributed by atoms with Gasteiger partial charge in [0.05, 0.1) is 6.61 Å². The van der Waals surface area contributed by atoms with Gasteiger partial charge in [-0.25, -0.2) is 0 Å². The van der Waals surface area contributed by atoms with Crippen molar-refractivity contribution in [3.05, 3.63) is 65.7 Å². The predicted octanol–water partition coefficient (Wildman–Crippen LogP) is 4.87. The molecule has 104 valence electrons. The van der Waals surface area contributed by atoms with Crippen molar-refractivity contribution in [3.8, 4) is 11.1 Å². The topological polar surface area (TPSA) is 20.2 Å². The van der Waals surface area contributed by atoms with Gasteiger partial charge in [-0.3, -0.25) is 0 Å². The van der Waals surface area contributed by atoms with Gasteiger partial charge in [-0.2, -0.15) is 0 Å². The lowest BCUT2D eigenvalue weighted by Gasteiger charge is -2.08. The van der Waals surface area contributed by atoms with E-state index in [0.717, 1.165) is 11.1 Å². The molecule has 0 amide bonds. The molecule has 0 aromatic heterocycles. The molecule has 0 atom stereocenters. The third-order valence-electron chi connectivity index (χ3n) is 3.65. The van der Waals surface area contributed by atoms with Gasteiger partial charge in [-0.05, 0) is 40.7 Å². The third kappa shape index (κ3) is 3.37. The van der Waals surface area contributed by atoms with E-state index in [-0.39, 0.29) is 6.61 Å². The zero-order chi connectivity index (χ0) is 14.5. The number of rotatable bonds is 4. The first-order valence-electron chi connectivity index (χ1n) is 7.10. The van der Waals surface area contributed by atoms with Gasteiger partial charge >= 0.3 is 0 Å². The lowest BCUT2D eigenvalue weighted by atomic mass is 9.97. The highest BCUT2D eigenvalue weighted by Crippen LogP contribution is 2.24. The number of hydrogen-bond acceptors (Lipinski definition) is 1. The summed E-state index contributed by atoms with van der Waals surface area (Å²) in [4.78, 5) is 0. The highest BCUT2D eigenvalue weighted by atomic mass is 16.2. The minimum absolute atomic E-state index is 0.0875. The fourth-order valence-electron chi connectivity index (χ4n) is 2.24. The monoisotopic (exact) mass is 266 g/mol. The van der Waals surface area contributed by atoms with Crippen molar-refractivity contribution in [2.45, 2.75) is 26.7 Å². The zero-order valence-corrected chi connectivity index (χ0v) is 12.4. The average molecular weight is 266 g/mol. The number of benzene rings is 2. The lowest BCUT2D eigenvalue weighted by molar-refractivity contribution is 0.343. The van der Waals surface area contributed by atoms with Crippen molar-refractivity contribution in [2.24, 2.45) is 0 Å². The van der Waals surface area contributed by atoms with Crippen molar-refractivity contribution in [3.63, 3.8) is 0 Å². The SMILES string of the molecule is C/C(=C/CO)c1ccc(-c2ccc(C(C)C)cc2)cc1. The Morgan fingerprint density at radius 2 is 1.45 bits per heavy atom. The van der Waals surface area contributed by atoms with E-state index < -0.39 is 0 Å². The Morgan fingerprint density at radius 3 is 1.90 bits per heavy atom. The average Bonchev–Trinajstić information content (AvgIpc) is 2.48. The molecule has 0 saturated heterocycles. The Labute approximate surface area is 121 Å². The highest BCUT2D eigenvalue weighted by Gasteiger charge is 2.02. The largest absolute Gasteiger partial charge is 0.392 e. The Kier molecular flexibility index (Phi) is 4.75. The van der Waals surface area contributed by atoms with E-state index in [1.165, 1.54) is 16.7 Å². The van der Waals surface area contributed by atoms with Crippen molar-refractivity contribution >= 4 is 5.57 Å². The standard InChI is InChI=1S/C19H22O/c1-14(2)16-4-8-18(9-5-16)19-10-6-17(7-11-19)15(3)12-13-20/h4-12,14,20H,13H2,1-3H3/b15-12-. The number of aliphatic hydroxyl groups excluding tert-OH is 1. The molecule has 0 saturated carbocycles. The summed E-state index contributed by atoms with van der Waals surface area (Å²) in [7, 11) is 0. The second kappa shape index (κ2) is 6.53. The van der Waals surface area contributed by atoms with Crippen LogP contribution < -0.4 is 0 Å². The van der Waals surface area contributed by atoms with Gasteiger partial charge in [-0.15, -0.1) is 0 Å². The molecular weight excluding hydrogens is 244 g/mol. The summed E-state index contributed by atoms with van der Waals surface area (Å²) in [5.41, 5.74) is 6.09. The van der Waals surface area contributed by atoms with Crippen LogP contribution in [0.2, 0.25) is 0 Å². The second-order valence-electron chi connectivity index (χ2n) is 5.42. The molecule has 2 aromatic rings. The van der Waals surface area contributed by atoms with Crippen LogP contribution in [0.4, 0.5) is 0 Å². The Hall–Kier alpha value is -1.86. The lowest BCUT2D eigenvalue weighted by Crippen LogP contribution is -1.87. The smallest absolute Gasteiger partial charge is 0.0618 e. The van der Waals surface area contributed by atoms with Crippen molar-refractivity contribution in [1.29, 1.82) is 0 Å². The molecular formula is C19H22O. The molecule has 0 fully saturated rings. The molecule has 0 radical (unpaired) electrons. The van der Waals surface area contributed by atoms with Crippen LogP contribution >= 0.6 is 0 Å². The summed E-state index contributed by atoms with van der Waals surface area (Å²) in [6, 6.07) is 17.2.